The lowest BCUT2D eigenvalue weighted by molar-refractivity contribution is 0.590. The Balaban J connectivity index is 2.19. The van der Waals surface area contributed by atoms with Gasteiger partial charge in [-0.3, -0.25) is 0 Å². The van der Waals surface area contributed by atoms with Crippen molar-refractivity contribution in [3.05, 3.63) is 55.9 Å². The maximum absolute atomic E-state index is 13.1. The highest BCUT2D eigenvalue weighted by molar-refractivity contribution is 7.16. The van der Waals surface area contributed by atoms with E-state index >= 15 is 0 Å². The number of hydrogen-bond acceptors (Lipinski definition) is 2. The van der Waals surface area contributed by atoms with Gasteiger partial charge in [0.25, 0.3) is 0 Å². The molecule has 1 unspecified atom stereocenters. The number of rotatable bonds is 4. The molecular formula is C13H12Cl2FNS. The van der Waals surface area contributed by atoms with Crippen LogP contribution < -0.4 is 5.32 Å². The van der Waals surface area contributed by atoms with Crippen LogP contribution in [0.5, 0.6) is 0 Å². The summed E-state index contributed by atoms with van der Waals surface area (Å²) in [6.45, 7) is 0. The molecule has 1 nitrogen and oxygen atoms in total. The number of likely N-dealkylation sites (N-methyl/N-ethyl adjacent to an activating group) is 1. The molecule has 0 aliphatic carbocycles. The van der Waals surface area contributed by atoms with Gasteiger partial charge in [-0.2, -0.15) is 0 Å². The van der Waals surface area contributed by atoms with Crippen molar-refractivity contribution in [3.63, 3.8) is 0 Å². The molecule has 1 N–H and O–H groups in total. The van der Waals surface area contributed by atoms with Gasteiger partial charge in [0.2, 0.25) is 0 Å². The van der Waals surface area contributed by atoms with E-state index in [1.807, 2.05) is 19.2 Å². The zero-order chi connectivity index (χ0) is 13.1. The van der Waals surface area contributed by atoms with E-state index in [0.717, 1.165) is 16.3 Å². The van der Waals surface area contributed by atoms with Crippen molar-refractivity contribution in [3.8, 4) is 0 Å². The van der Waals surface area contributed by atoms with Crippen LogP contribution >= 0.6 is 34.5 Å². The Morgan fingerprint density at radius 2 is 2.06 bits per heavy atom. The molecule has 2 aromatic rings. The first-order valence-corrected chi connectivity index (χ1v) is 7.04. The molecule has 0 spiro atoms. The van der Waals surface area contributed by atoms with E-state index in [9.17, 15) is 4.39 Å². The number of benzene rings is 1. The first-order valence-electron chi connectivity index (χ1n) is 5.46. The number of nitrogens with one attached hydrogen (secondary N) is 1. The Morgan fingerprint density at radius 1 is 1.28 bits per heavy atom. The van der Waals surface area contributed by atoms with Gasteiger partial charge in [-0.15, -0.1) is 11.3 Å². The fraction of sp³-hybridized carbons (Fsp3) is 0.231. The van der Waals surface area contributed by atoms with Gasteiger partial charge in [0.1, 0.15) is 5.82 Å². The maximum atomic E-state index is 13.1. The zero-order valence-corrected chi connectivity index (χ0v) is 12.0. The molecule has 1 aromatic carbocycles. The van der Waals surface area contributed by atoms with E-state index < -0.39 is 5.82 Å². The zero-order valence-electron chi connectivity index (χ0n) is 9.71. The SMILES string of the molecule is CNC(Cc1ccc(Cl)s1)c1ccc(F)c(Cl)c1. The molecule has 18 heavy (non-hydrogen) atoms. The fourth-order valence-electron chi connectivity index (χ4n) is 1.78. The molecule has 0 fully saturated rings. The molecule has 96 valence electrons. The summed E-state index contributed by atoms with van der Waals surface area (Å²) in [6, 6.07) is 8.78. The molecule has 1 atom stereocenters. The van der Waals surface area contributed by atoms with Crippen LogP contribution in [0.4, 0.5) is 4.39 Å². The van der Waals surface area contributed by atoms with Gasteiger partial charge in [0.15, 0.2) is 0 Å². The van der Waals surface area contributed by atoms with Crippen LogP contribution in [0.1, 0.15) is 16.5 Å². The third-order valence-corrected chi connectivity index (χ3v) is 4.27. The second kappa shape index (κ2) is 6.02. The summed E-state index contributed by atoms with van der Waals surface area (Å²) in [5, 5.41) is 3.36. The predicted octanol–water partition coefficient (Wildman–Crippen LogP) is 4.70. The lowest BCUT2D eigenvalue weighted by atomic mass is 10.0. The van der Waals surface area contributed by atoms with Gasteiger partial charge in [0.05, 0.1) is 9.36 Å². The van der Waals surface area contributed by atoms with Crippen molar-refractivity contribution < 1.29 is 4.39 Å². The van der Waals surface area contributed by atoms with Crippen LogP contribution in [-0.2, 0) is 6.42 Å². The Labute approximate surface area is 120 Å². The molecule has 0 aliphatic heterocycles. The monoisotopic (exact) mass is 303 g/mol. The second-order valence-electron chi connectivity index (χ2n) is 3.92. The molecule has 0 bridgehead atoms. The van der Waals surface area contributed by atoms with Crippen molar-refractivity contribution >= 4 is 34.5 Å². The molecule has 1 heterocycles. The van der Waals surface area contributed by atoms with Gasteiger partial charge in [-0.1, -0.05) is 29.3 Å². The first kappa shape index (κ1) is 13.8. The largest absolute Gasteiger partial charge is 0.313 e. The summed E-state index contributed by atoms with van der Waals surface area (Å²) in [7, 11) is 1.87. The Hall–Kier alpha value is -0.610. The van der Waals surface area contributed by atoms with Crippen molar-refractivity contribution in [2.24, 2.45) is 0 Å². The van der Waals surface area contributed by atoms with E-state index in [1.165, 1.54) is 10.9 Å². The Kier molecular flexibility index (Phi) is 4.62. The molecule has 2 rings (SSSR count). The van der Waals surface area contributed by atoms with E-state index in [-0.39, 0.29) is 11.1 Å². The lowest BCUT2D eigenvalue weighted by Crippen LogP contribution is -2.18. The highest BCUT2D eigenvalue weighted by Crippen LogP contribution is 2.28. The van der Waals surface area contributed by atoms with Gasteiger partial charge >= 0.3 is 0 Å². The molecule has 5 heteroatoms. The Bertz CT molecular complexity index is 542. The number of halogens is 3. The van der Waals surface area contributed by atoms with E-state index in [2.05, 4.69) is 5.32 Å². The lowest BCUT2D eigenvalue weighted by Gasteiger charge is -2.16. The molecule has 0 saturated carbocycles. The quantitative estimate of drug-likeness (QED) is 0.863. The summed E-state index contributed by atoms with van der Waals surface area (Å²) >= 11 is 13.3. The molecule has 1 aromatic heterocycles. The third kappa shape index (κ3) is 3.23. The highest BCUT2D eigenvalue weighted by Gasteiger charge is 2.13. The van der Waals surface area contributed by atoms with Gasteiger partial charge in [0, 0.05) is 17.3 Å². The second-order valence-corrected chi connectivity index (χ2v) is 6.13. The smallest absolute Gasteiger partial charge is 0.141 e. The van der Waals surface area contributed by atoms with Crippen LogP contribution in [0.2, 0.25) is 9.36 Å². The van der Waals surface area contributed by atoms with Crippen molar-refractivity contribution in [1.82, 2.24) is 5.32 Å². The van der Waals surface area contributed by atoms with Crippen LogP contribution in [-0.4, -0.2) is 7.05 Å². The molecule has 0 amide bonds. The highest BCUT2D eigenvalue weighted by atomic mass is 35.5. The first-order chi connectivity index (χ1) is 8.60. The van der Waals surface area contributed by atoms with Crippen LogP contribution in [0, 0.1) is 5.82 Å². The summed E-state index contributed by atoms with van der Waals surface area (Å²) in [5.74, 6) is -0.394. The van der Waals surface area contributed by atoms with E-state index in [4.69, 9.17) is 23.2 Å². The molecular weight excluding hydrogens is 292 g/mol. The summed E-state index contributed by atoms with van der Waals surface area (Å²) < 4.78 is 13.9. The number of thiophene rings is 1. The van der Waals surface area contributed by atoms with Crippen molar-refractivity contribution in [2.75, 3.05) is 7.05 Å². The van der Waals surface area contributed by atoms with Gasteiger partial charge in [-0.25, -0.2) is 4.39 Å². The topological polar surface area (TPSA) is 12.0 Å². The minimum Gasteiger partial charge on any atom is -0.313 e. The number of hydrogen-bond donors (Lipinski definition) is 1. The normalized spacial score (nSPS) is 12.7. The average Bonchev–Trinajstić information content (AvgIpc) is 2.75. The molecule has 0 radical (unpaired) electrons. The van der Waals surface area contributed by atoms with Gasteiger partial charge < -0.3 is 5.32 Å². The van der Waals surface area contributed by atoms with E-state index in [1.54, 1.807) is 23.5 Å². The summed E-state index contributed by atoms with van der Waals surface area (Å²) in [6.07, 6.45) is 0.801. The van der Waals surface area contributed by atoms with Gasteiger partial charge in [-0.05, 0) is 36.9 Å². The van der Waals surface area contributed by atoms with Crippen LogP contribution in [0.25, 0.3) is 0 Å². The molecule has 0 saturated heterocycles. The maximum Gasteiger partial charge on any atom is 0.141 e. The van der Waals surface area contributed by atoms with Crippen LogP contribution in [0.3, 0.4) is 0 Å². The standard InChI is InChI=1S/C13H12Cl2FNS/c1-17-12(7-9-3-5-13(15)18-9)8-2-4-11(16)10(14)6-8/h2-6,12,17H,7H2,1H3. The summed E-state index contributed by atoms with van der Waals surface area (Å²) in [4.78, 5) is 1.18. The summed E-state index contributed by atoms with van der Waals surface area (Å²) in [5.41, 5.74) is 0.966. The predicted molar refractivity (Wildman–Crippen MR) is 76.2 cm³/mol. The third-order valence-electron chi connectivity index (χ3n) is 2.73. The minimum atomic E-state index is -0.394. The van der Waals surface area contributed by atoms with Crippen molar-refractivity contribution in [1.29, 1.82) is 0 Å². The Morgan fingerprint density at radius 3 is 2.61 bits per heavy atom. The van der Waals surface area contributed by atoms with Crippen LogP contribution in [0.15, 0.2) is 30.3 Å². The van der Waals surface area contributed by atoms with Crippen molar-refractivity contribution in [2.45, 2.75) is 12.5 Å². The minimum absolute atomic E-state index is 0.0952. The molecule has 0 aliphatic rings. The average molecular weight is 304 g/mol. The fourth-order valence-corrected chi connectivity index (χ4v) is 3.10. The van der Waals surface area contributed by atoms with E-state index in [0.29, 0.717) is 0 Å².